The van der Waals surface area contributed by atoms with Crippen molar-refractivity contribution in [3.05, 3.63) is 0 Å². The molecule has 0 saturated carbocycles. The summed E-state index contributed by atoms with van der Waals surface area (Å²) in [4.78, 5) is 15.8. The van der Waals surface area contributed by atoms with Crippen LogP contribution < -0.4 is 16.0 Å². The van der Waals surface area contributed by atoms with E-state index < -0.39 is 0 Å². The molecule has 0 aromatic carbocycles. The van der Waals surface area contributed by atoms with E-state index in [4.69, 9.17) is 4.74 Å². The van der Waals surface area contributed by atoms with Gasteiger partial charge in [0.25, 0.3) is 0 Å². The van der Waals surface area contributed by atoms with Gasteiger partial charge in [-0.3, -0.25) is 9.79 Å². The number of carbonyl (C=O) groups excluding carboxylic acids is 1. The third kappa shape index (κ3) is 11.4. The van der Waals surface area contributed by atoms with Crippen LogP contribution in [0, 0.1) is 11.3 Å². The smallest absolute Gasteiger partial charge is 0.225 e. The quantitative estimate of drug-likeness (QED) is 0.341. The number of nitrogens with one attached hydrogen (secondary N) is 3. The second-order valence-corrected chi connectivity index (χ2v) is 6.73. The van der Waals surface area contributed by atoms with Crippen molar-refractivity contribution in [2.75, 3.05) is 39.9 Å². The summed E-state index contributed by atoms with van der Waals surface area (Å²) in [5.41, 5.74) is -0.354. The molecule has 3 N–H and O–H groups in total. The van der Waals surface area contributed by atoms with E-state index in [-0.39, 0.29) is 11.3 Å². The highest BCUT2D eigenvalue weighted by molar-refractivity contribution is 5.81. The highest BCUT2D eigenvalue weighted by Crippen LogP contribution is 2.11. The highest BCUT2D eigenvalue weighted by Gasteiger charge is 2.20. The first-order valence-electron chi connectivity index (χ1n) is 8.08. The van der Waals surface area contributed by atoms with E-state index in [9.17, 15) is 4.79 Å². The van der Waals surface area contributed by atoms with E-state index >= 15 is 0 Å². The summed E-state index contributed by atoms with van der Waals surface area (Å²) in [7, 11) is 1.72. The Balaban J connectivity index is 3.66. The molecule has 0 unspecified atom stereocenters. The lowest BCUT2D eigenvalue weighted by Gasteiger charge is -2.18. The fraction of sp³-hybridized carbons (Fsp3) is 0.875. The number of hydrogen-bond acceptors (Lipinski definition) is 3. The van der Waals surface area contributed by atoms with Gasteiger partial charge >= 0.3 is 0 Å². The van der Waals surface area contributed by atoms with Gasteiger partial charge in [0.2, 0.25) is 5.91 Å². The maximum Gasteiger partial charge on any atom is 0.225 e. The predicted octanol–water partition coefficient (Wildman–Crippen LogP) is 1.38. The number of aliphatic imine (C=N–C) groups is 1. The molecule has 1 amide bonds. The number of guanidine groups is 1. The summed E-state index contributed by atoms with van der Waals surface area (Å²) in [6.07, 6.45) is 1.08. The average Bonchev–Trinajstić information content (AvgIpc) is 2.43. The van der Waals surface area contributed by atoms with Crippen LogP contribution in [0.2, 0.25) is 0 Å². The molecule has 0 aromatic rings. The van der Waals surface area contributed by atoms with Gasteiger partial charge in [-0.2, -0.15) is 0 Å². The van der Waals surface area contributed by atoms with Gasteiger partial charge in [0.1, 0.15) is 0 Å². The van der Waals surface area contributed by atoms with Crippen molar-refractivity contribution in [1.82, 2.24) is 16.0 Å². The number of nitrogens with zero attached hydrogens (tertiary/aromatic N) is 1. The van der Waals surface area contributed by atoms with Crippen molar-refractivity contribution in [1.29, 1.82) is 0 Å². The minimum atomic E-state index is -0.354. The molecular formula is C16H34N4O2. The summed E-state index contributed by atoms with van der Waals surface area (Å²) in [5, 5.41) is 9.22. The summed E-state index contributed by atoms with van der Waals surface area (Å²) in [6.45, 7) is 13.4. The zero-order valence-corrected chi connectivity index (χ0v) is 15.1. The normalized spacial score (nSPS) is 12.4. The third-order valence-corrected chi connectivity index (χ3v) is 2.99. The molecule has 0 fully saturated rings. The van der Waals surface area contributed by atoms with Gasteiger partial charge in [-0.05, 0) is 12.3 Å². The molecule has 0 saturated heterocycles. The number of amides is 1. The summed E-state index contributed by atoms with van der Waals surface area (Å²) < 4.78 is 5.53. The molecule has 0 heterocycles. The Labute approximate surface area is 135 Å². The van der Waals surface area contributed by atoms with Crippen molar-refractivity contribution in [2.45, 2.75) is 41.0 Å². The lowest BCUT2D eigenvalue weighted by atomic mass is 9.96. The maximum atomic E-state index is 11.7. The van der Waals surface area contributed by atoms with Crippen LogP contribution >= 0.6 is 0 Å². The van der Waals surface area contributed by atoms with Gasteiger partial charge in [0.15, 0.2) is 5.96 Å². The number of carbonyl (C=O) groups is 1. The number of rotatable bonds is 9. The van der Waals surface area contributed by atoms with Gasteiger partial charge in [-0.15, -0.1) is 0 Å². The zero-order valence-electron chi connectivity index (χ0n) is 15.1. The molecule has 0 atom stereocenters. The van der Waals surface area contributed by atoms with E-state index in [0.717, 1.165) is 19.0 Å². The lowest BCUT2D eigenvalue weighted by Crippen LogP contribution is -2.44. The fourth-order valence-electron chi connectivity index (χ4n) is 1.51. The Morgan fingerprint density at radius 3 is 2.18 bits per heavy atom. The van der Waals surface area contributed by atoms with E-state index in [2.05, 4.69) is 34.8 Å². The van der Waals surface area contributed by atoms with Crippen molar-refractivity contribution >= 4 is 11.9 Å². The average molecular weight is 314 g/mol. The van der Waals surface area contributed by atoms with Crippen molar-refractivity contribution in [3.8, 4) is 0 Å². The SMILES string of the molecule is CN=C(NCCNC(=O)C(C)(C)C)NCCOCCC(C)C. The van der Waals surface area contributed by atoms with E-state index in [1.54, 1.807) is 7.05 Å². The molecule has 0 spiro atoms. The Morgan fingerprint density at radius 2 is 1.64 bits per heavy atom. The van der Waals surface area contributed by atoms with Crippen LogP contribution in [-0.2, 0) is 9.53 Å². The number of ether oxygens (including phenoxy) is 1. The monoisotopic (exact) mass is 314 g/mol. The van der Waals surface area contributed by atoms with Gasteiger partial charge in [-0.1, -0.05) is 34.6 Å². The first-order valence-corrected chi connectivity index (χ1v) is 8.08. The number of hydrogen-bond donors (Lipinski definition) is 3. The van der Waals surface area contributed by atoms with Crippen molar-refractivity contribution in [2.24, 2.45) is 16.3 Å². The lowest BCUT2D eigenvalue weighted by molar-refractivity contribution is -0.128. The fourth-order valence-corrected chi connectivity index (χ4v) is 1.51. The molecule has 0 aliphatic carbocycles. The minimum Gasteiger partial charge on any atom is -0.380 e. The first kappa shape index (κ1) is 20.7. The summed E-state index contributed by atoms with van der Waals surface area (Å²) in [5.74, 6) is 1.44. The van der Waals surface area contributed by atoms with Crippen molar-refractivity contribution < 1.29 is 9.53 Å². The van der Waals surface area contributed by atoms with Crippen LogP contribution in [0.25, 0.3) is 0 Å². The molecule has 6 heteroatoms. The highest BCUT2D eigenvalue weighted by atomic mass is 16.5. The van der Waals surface area contributed by atoms with Crippen LogP contribution in [0.4, 0.5) is 0 Å². The molecule has 0 bridgehead atoms. The maximum absolute atomic E-state index is 11.7. The minimum absolute atomic E-state index is 0.0517. The van der Waals surface area contributed by atoms with Crippen LogP contribution in [0.5, 0.6) is 0 Å². The topological polar surface area (TPSA) is 74.8 Å². The molecule has 0 radical (unpaired) electrons. The Bertz CT molecular complexity index is 336. The Hall–Kier alpha value is -1.30. The molecule has 6 nitrogen and oxygen atoms in total. The first-order chi connectivity index (χ1) is 10.3. The Morgan fingerprint density at radius 1 is 1.05 bits per heavy atom. The van der Waals surface area contributed by atoms with Crippen LogP contribution in [0.1, 0.15) is 41.0 Å². The second kappa shape index (κ2) is 11.3. The van der Waals surface area contributed by atoms with Crippen LogP contribution in [0.3, 0.4) is 0 Å². The van der Waals surface area contributed by atoms with Gasteiger partial charge < -0.3 is 20.7 Å². The second-order valence-electron chi connectivity index (χ2n) is 6.73. The molecule has 130 valence electrons. The zero-order chi connectivity index (χ0) is 17.0. The standard InChI is InChI=1S/C16H34N4O2/c1-13(2)7-11-22-12-10-20-15(17-6)19-9-8-18-14(21)16(3,4)5/h13H,7-12H2,1-6H3,(H,18,21)(H2,17,19,20). The van der Waals surface area contributed by atoms with Gasteiger partial charge in [0.05, 0.1) is 6.61 Å². The molecule has 0 aliphatic heterocycles. The van der Waals surface area contributed by atoms with E-state index in [1.165, 1.54) is 0 Å². The van der Waals surface area contributed by atoms with Gasteiger partial charge in [0, 0.05) is 38.7 Å². The predicted molar refractivity (Wildman–Crippen MR) is 92.1 cm³/mol. The molecule has 0 rings (SSSR count). The Kier molecular flexibility index (Phi) is 10.6. The van der Waals surface area contributed by atoms with Crippen LogP contribution in [0.15, 0.2) is 4.99 Å². The molecule has 22 heavy (non-hydrogen) atoms. The largest absolute Gasteiger partial charge is 0.380 e. The van der Waals surface area contributed by atoms with E-state index in [0.29, 0.717) is 32.2 Å². The summed E-state index contributed by atoms with van der Waals surface area (Å²) >= 11 is 0. The van der Waals surface area contributed by atoms with Crippen molar-refractivity contribution in [3.63, 3.8) is 0 Å². The van der Waals surface area contributed by atoms with Gasteiger partial charge in [-0.25, -0.2) is 0 Å². The molecular weight excluding hydrogens is 280 g/mol. The molecule has 0 aliphatic rings. The molecule has 0 aromatic heterocycles. The van der Waals surface area contributed by atoms with E-state index in [1.807, 2.05) is 20.8 Å². The van der Waals surface area contributed by atoms with Crippen LogP contribution in [-0.4, -0.2) is 51.8 Å². The third-order valence-electron chi connectivity index (χ3n) is 2.99. The summed E-state index contributed by atoms with van der Waals surface area (Å²) in [6, 6.07) is 0.